The molecule has 0 unspecified atom stereocenters. The highest BCUT2D eigenvalue weighted by molar-refractivity contribution is 14.1. The van der Waals surface area contributed by atoms with E-state index in [1.807, 2.05) is 25.1 Å². The summed E-state index contributed by atoms with van der Waals surface area (Å²) >= 11 is 8.29. The third-order valence-electron chi connectivity index (χ3n) is 4.15. The molecular formula is C21H19ClIN3O3. The number of nitrogens with one attached hydrogen (secondary N) is 1. The molecule has 3 rings (SSSR count). The van der Waals surface area contributed by atoms with Gasteiger partial charge in [-0.25, -0.2) is 0 Å². The van der Waals surface area contributed by atoms with Crippen LogP contribution in [0.5, 0.6) is 17.2 Å². The van der Waals surface area contributed by atoms with Gasteiger partial charge in [-0.3, -0.25) is 4.98 Å². The van der Waals surface area contributed by atoms with Gasteiger partial charge >= 0.3 is 0 Å². The van der Waals surface area contributed by atoms with E-state index in [-0.39, 0.29) is 0 Å². The van der Waals surface area contributed by atoms with Crippen LogP contribution in [-0.2, 0) is 0 Å². The van der Waals surface area contributed by atoms with Crippen molar-refractivity contribution in [3.8, 4) is 23.3 Å². The van der Waals surface area contributed by atoms with Gasteiger partial charge in [-0.1, -0.05) is 18.5 Å². The van der Waals surface area contributed by atoms with E-state index in [0.29, 0.717) is 50.3 Å². The van der Waals surface area contributed by atoms with Gasteiger partial charge in [0.15, 0.2) is 11.5 Å². The van der Waals surface area contributed by atoms with Gasteiger partial charge in [-0.2, -0.15) is 5.26 Å². The number of nitrogens with zero attached hydrogens (tertiary/aromatic N) is 2. The average Bonchev–Trinajstić information content (AvgIpc) is 2.74. The quantitative estimate of drug-likeness (QED) is 0.285. The maximum atomic E-state index is 9.60. The van der Waals surface area contributed by atoms with Crippen LogP contribution in [0.15, 0.2) is 36.5 Å². The maximum Gasteiger partial charge on any atom is 0.163 e. The number of methoxy groups -OCH3 is 1. The summed E-state index contributed by atoms with van der Waals surface area (Å²) in [6.45, 7) is 2.61. The monoisotopic (exact) mass is 523 g/mol. The fourth-order valence-corrected chi connectivity index (χ4v) is 3.31. The van der Waals surface area contributed by atoms with E-state index >= 15 is 0 Å². The molecule has 0 aliphatic carbocycles. The van der Waals surface area contributed by atoms with Gasteiger partial charge in [0, 0.05) is 29.4 Å². The van der Waals surface area contributed by atoms with Crippen molar-refractivity contribution < 1.29 is 14.2 Å². The van der Waals surface area contributed by atoms with E-state index in [9.17, 15) is 5.26 Å². The first-order valence-electron chi connectivity index (χ1n) is 8.90. The molecule has 6 nitrogen and oxygen atoms in total. The van der Waals surface area contributed by atoms with E-state index in [2.05, 4.69) is 39.0 Å². The third-order valence-corrected chi connectivity index (χ3v) is 4.77. The SMILES string of the molecule is CCCOc1cc2ncc(C#N)c(Nc3ccc(Cl)c(OCI)c3)c2cc1OC. The van der Waals surface area contributed by atoms with Crippen LogP contribution in [-0.4, -0.2) is 23.3 Å². The highest BCUT2D eigenvalue weighted by atomic mass is 127. The number of alkyl halides is 1. The molecule has 0 fully saturated rings. The molecule has 0 saturated carbocycles. The summed E-state index contributed by atoms with van der Waals surface area (Å²) in [5.41, 5.74) is 2.47. The first kappa shape index (κ1) is 21.3. The molecular weight excluding hydrogens is 505 g/mol. The molecule has 150 valence electrons. The predicted octanol–water partition coefficient (Wildman–Crippen LogP) is 6.07. The molecule has 0 bridgehead atoms. The second kappa shape index (κ2) is 9.85. The second-order valence-corrected chi connectivity index (χ2v) is 7.08. The number of pyridine rings is 1. The van der Waals surface area contributed by atoms with Gasteiger partial charge in [0.2, 0.25) is 0 Å². The molecule has 0 aliphatic rings. The van der Waals surface area contributed by atoms with E-state index in [1.54, 1.807) is 25.4 Å². The van der Waals surface area contributed by atoms with Crippen molar-refractivity contribution in [1.82, 2.24) is 4.98 Å². The van der Waals surface area contributed by atoms with E-state index in [0.717, 1.165) is 17.5 Å². The lowest BCUT2D eigenvalue weighted by Crippen LogP contribution is -2.01. The summed E-state index contributed by atoms with van der Waals surface area (Å²) in [7, 11) is 1.58. The number of hydrogen-bond acceptors (Lipinski definition) is 6. The van der Waals surface area contributed by atoms with Gasteiger partial charge in [-0.05, 0) is 47.2 Å². The van der Waals surface area contributed by atoms with Crippen molar-refractivity contribution in [3.05, 3.63) is 47.1 Å². The fraction of sp³-hybridized carbons (Fsp3) is 0.238. The number of aromatic nitrogens is 1. The Bertz CT molecular complexity index is 1070. The van der Waals surface area contributed by atoms with Gasteiger partial charge in [0.1, 0.15) is 16.4 Å². The Balaban J connectivity index is 2.10. The van der Waals surface area contributed by atoms with Crippen LogP contribution in [0.1, 0.15) is 18.9 Å². The third kappa shape index (κ3) is 4.77. The zero-order valence-electron chi connectivity index (χ0n) is 16.0. The molecule has 1 N–H and O–H groups in total. The van der Waals surface area contributed by atoms with Crippen molar-refractivity contribution in [1.29, 1.82) is 5.26 Å². The van der Waals surface area contributed by atoms with Crippen molar-refractivity contribution >= 4 is 56.5 Å². The molecule has 0 radical (unpaired) electrons. The van der Waals surface area contributed by atoms with Crippen LogP contribution in [0.2, 0.25) is 5.02 Å². The largest absolute Gasteiger partial charge is 0.493 e. The molecule has 29 heavy (non-hydrogen) atoms. The van der Waals surface area contributed by atoms with Crippen LogP contribution < -0.4 is 19.5 Å². The number of benzene rings is 2. The highest BCUT2D eigenvalue weighted by Crippen LogP contribution is 2.38. The number of anilines is 2. The predicted molar refractivity (Wildman–Crippen MR) is 123 cm³/mol. The van der Waals surface area contributed by atoms with Crippen LogP contribution in [0, 0.1) is 11.3 Å². The van der Waals surface area contributed by atoms with E-state index < -0.39 is 0 Å². The van der Waals surface area contributed by atoms with E-state index in [1.165, 1.54) is 0 Å². The molecule has 0 saturated heterocycles. The average molecular weight is 524 g/mol. The summed E-state index contributed by atoms with van der Waals surface area (Å²) in [5.74, 6) is 1.76. The first-order chi connectivity index (χ1) is 14.1. The van der Waals surface area contributed by atoms with Gasteiger partial charge in [0.05, 0.1) is 35.5 Å². The minimum absolute atomic E-state index is 0.410. The molecule has 1 aromatic heterocycles. The Morgan fingerprint density at radius 1 is 1.17 bits per heavy atom. The number of fused-ring (bicyclic) bond motifs is 1. The van der Waals surface area contributed by atoms with Crippen molar-refractivity contribution in [2.75, 3.05) is 23.6 Å². The fourth-order valence-electron chi connectivity index (χ4n) is 2.80. The summed E-state index contributed by atoms with van der Waals surface area (Å²) in [5, 5.41) is 14.2. The first-order valence-corrected chi connectivity index (χ1v) is 10.8. The summed E-state index contributed by atoms with van der Waals surface area (Å²) in [6.07, 6.45) is 2.42. The van der Waals surface area contributed by atoms with Crippen LogP contribution in [0.3, 0.4) is 0 Å². The van der Waals surface area contributed by atoms with Gasteiger partial charge in [-0.15, -0.1) is 0 Å². The Hall–Kier alpha value is -2.44. The molecule has 3 aromatic rings. The molecule has 0 atom stereocenters. The number of hydrogen-bond donors (Lipinski definition) is 1. The molecule has 0 amide bonds. The van der Waals surface area contributed by atoms with Crippen LogP contribution >= 0.6 is 34.2 Å². The van der Waals surface area contributed by atoms with Gasteiger partial charge < -0.3 is 19.5 Å². The molecule has 1 heterocycles. The normalized spacial score (nSPS) is 10.4. The minimum Gasteiger partial charge on any atom is -0.493 e. The van der Waals surface area contributed by atoms with E-state index in [4.69, 9.17) is 25.8 Å². The van der Waals surface area contributed by atoms with Gasteiger partial charge in [0.25, 0.3) is 0 Å². The number of halogens is 2. The molecule has 0 aliphatic heterocycles. The maximum absolute atomic E-state index is 9.60. The lowest BCUT2D eigenvalue weighted by molar-refractivity contribution is 0.295. The zero-order valence-corrected chi connectivity index (χ0v) is 18.9. The van der Waals surface area contributed by atoms with Crippen LogP contribution in [0.4, 0.5) is 11.4 Å². The Labute approximate surface area is 187 Å². The minimum atomic E-state index is 0.410. The number of rotatable bonds is 8. The topological polar surface area (TPSA) is 76.4 Å². The lowest BCUT2D eigenvalue weighted by Gasteiger charge is -2.16. The lowest BCUT2D eigenvalue weighted by atomic mass is 10.1. The Morgan fingerprint density at radius 3 is 2.69 bits per heavy atom. The second-order valence-electron chi connectivity index (χ2n) is 6.05. The molecule has 2 aromatic carbocycles. The summed E-state index contributed by atoms with van der Waals surface area (Å²) in [4.78, 5) is 4.41. The summed E-state index contributed by atoms with van der Waals surface area (Å²) < 4.78 is 17.3. The molecule has 8 heteroatoms. The number of ether oxygens (including phenoxy) is 3. The smallest absolute Gasteiger partial charge is 0.163 e. The Morgan fingerprint density at radius 2 is 2.00 bits per heavy atom. The standard InChI is InChI=1S/C21H19ClIN3O3/c1-3-6-28-20-9-17-15(8-19(20)27-2)21(13(10-24)11-25-17)26-14-4-5-16(22)18(7-14)29-12-23/h4-5,7-9,11H,3,6,12H2,1-2H3,(H,25,26). The van der Waals surface area contributed by atoms with Crippen LogP contribution in [0.25, 0.3) is 10.9 Å². The zero-order chi connectivity index (χ0) is 20.8. The highest BCUT2D eigenvalue weighted by Gasteiger charge is 2.15. The summed E-state index contributed by atoms with van der Waals surface area (Å²) in [6, 6.07) is 11.2. The molecule has 0 spiro atoms. The van der Waals surface area contributed by atoms with Crippen molar-refractivity contribution in [3.63, 3.8) is 0 Å². The number of nitriles is 1. The van der Waals surface area contributed by atoms with Crippen molar-refractivity contribution in [2.45, 2.75) is 13.3 Å². The Kier molecular flexibility index (Phi) is 7.23. The van der Waals surface area contributed by atoms with Crippen molar-refractivity contribution in [2.24, 2.45) is 0 Å².